The van der Waals surface area contributed by atoms with Gasteiger partial charge in [-0.25, -0.2) is 0 Å². The molecule has 9 aromatic rings. The molecule has 0 aliphatic carbocycles. The van der Waals surface area contributed by atoms with Crippen LogP contribution < -0.4 is 50.4 Å². The van der Waals surface area contributed by atoms with Crippen LogP contribution in [0.25, 0.3) is 32.7 Å². The number of Topliss-reactive ketones (excluding diaryl/α,β-unsaturated/α-hetero) is 3. The first-order valence-electron chi connectivity index (χ1n) is 30.3. The van der Waals surface area contributed by atoms with Crippen LogP contribution in [0, 0.1) is 20.8 Å². The number of rotatable bonds is 30. The van der Waals surface area contributed by atoms with Crippen LogP contribution in [0.15, 0.2) is 146 Å². The number of para-hydroxylation sites is 3. The van der Waals surface area contributed by atoms with Gasteiger partial charge in [0.25, 0.3) is 17.7 Å². The number of carbonyl (C=O) groups is 6. The third-order valence-corrected chi connectivity index (χ3v) is 17.4. The lowest BCUT2D eigenvalue weighted by Crippen LogP contribution is -2.58. The van der Waals surface area contributed by atoms with Crippen molar-refractivity contribution in [1.82, 2.24) is 15.0 Å². The van der Waals surface area contributed by atoms with Gasteiger partial charge in [0.2, 0.25) is 0 Å². The number of hydrogen-bond acceptors (Lipinski definition) is 12. The summed E-state index contributed by atoms with van der Waals surface area (Å²) in [4.78, 5) is 95.7. The number of anilines is 3. The maximum atomic E-state index is 14.4. The molecule has 9 rings (SSSR count). The van der Waals surface area contributed by atoms with Crippen molar-refractivity contribution in [2.75, 3.05) is 35.6 Å². The van der Waals surface area contributed by atoms with E-state index >= 15 is 0 Å². The Labute approximate surface area is 524 Å². The van der Waals surface area contributed by atoms with Crippen molar-refractivity contribution in [1.29, 1.82) is 0 Å². The van der Waals surface area contributed by atoms with Crippen LogP contribution >= 0.6 is 12.4 Å². The molecule has 0 radical (unpaired) electrons. The summed E-state index contributed by atoms with van der Waals surface area (Å²) in [5.74, 6) is -3.68. The highest BCUT2D eigenvalue weighted by atomic mass is 35.5. The summed E-state index contributed by atoms with van der Waals surface area (Å²) in [5.41, 5.74) is 44.3. The summed E-state index contributed by atoms with van der Waals surface area (Å²) in [6, 6.07) is 39.2. The van der Waals surface area contributed by atoms with E-state index in [1.807, 2.05) is 112 Å². The van der Waals surface area contributed by atoms with Crippen molar-refractivity contribution in [3.63, 3.8) is 0 Å². The Morgan fingerprint density at radius 2 is 0.652 bits per heavy atom. The maximum Gasteiger partial charge on any atom is 0.252 e. The highest BCUT2D eigenvalue weighted by Crippen LogP contribution is 2.36. The molecule has 3 heterocycles. The van der Waals surface area contributed by atoms with Crippen LogP contribution in [-0.4, -0.2) is 86.3 Å². The van der Waals surface area contributed by atoms with E-state index in [9.17, 15) is 28.8 Å². The van der Waals surface area contributed by atoms with E-state index in [1.54, 1.807) is 55.0 Å². The summed E-state index contributed by atoms with van der Waals surface area (Å²) in [7, 11) is 0. The van der Waals surface area contributed by atoms with Gasteiger partial charge in [-0.1, -0.05) is 91.0 Å². The Bertz CT molecular complexity index is 3580. The van der Waals surface area contributed by atoms with Crippen LogP contribution in [-0.2, 0) is 48.0 Å². The summed E-state index contributed by atoms with van der Waals surface area (Å²) in [6.07, 6.45) is 8.58. The average Bonchev–Trinajstić information content (AvgIpc) is 2.40. The average molecular weight is 1220 g/mol. The second-order valence-electron chi connectivity index (χ2n) is 23.5. The van der Waals surface area contributed by atoms with E-state index in [2.05, 4.69) is 30.9 Å². The van der Waals surface area contributed by atoms with Crippen molar-refractivity contribution in [3.05, 3.63) is 196 Å². The molecule has 0 aliphatic heterocycles. The van der Waals surface area contributed by atoms with Gasteiger partial charge in [-0.15, -0.1) is 12.4 Å². The molecule has 19 heteroatoms. The number of carbonyl (C=O) groups excluding carboxylic acids is 6. The van der Waals surface area contributed by atoms with Crippen molar-refractivity contribution in [3.8, 4) is 0 Å². The largest absolute Gasteiger partial charge is 0.361 e. The van der Waals surface area contributed by atoms with Crippen LogP contribution in [0.3, 0.4) is 0 Å². The number of halogens is 1. The molecule has 0 fully saturated rings. The first kappa shape index (κ1) is 66.4. The lowest BCUT2D eigenvalue weighted by molar-refractivity contribution is -0.134. The highest BCUT2D eigenvalue weighted by Gasteiger charge is 2.44. The van der Waals surface area contributed by atoms with Gasteiger partial charge in [0.05, 0.1) is 0 Å². The number of fused-ring (bicyclic) bond motifs is 3. The summed E-state index contributed by atoms with van der Waals surface area (Å²) in [5, 5.41) is 11.5. The van der Waals surface area contributed by atoms with Crippen molar-refractivity contribution >= 4 is 97.2 Å². The fourth-order valence-corrected chi connectivity index (χ4v) is 11.9. The van der Waals surface area contributed by atoms with E-state index in [-0.39, 0.29) is 50.9 Å². The molecule has 0 bridgehead atoms. The quantitative estimate of drug-likeness (QED) is 0.0114. The van der Waals surface area contributed by atoms with Crippen LogP contribution in [0.4, 0.5) is 17.1 Å². The van der Waals surface area contributed by atoms with E-state index in [4.69, 9.17) is 34.4 Å². The van der Waals surface area contributed by atoms with Crippen LogP contribution in [0.5, 0.6) is 0 Å². The lowest BCUT2D eigenvalue weighted by atomic mass is 9.83. The number of aryl methyl sites for hydroxylation is 3. The molecule has 466 valence electrons. The maximum absolute atomic E-state index is 14.4. The molecule has 0 spiro atoms. The minimum Gasteiger partial charge on any atom is -0.361 e. The molecule has 3 aromatic heterocycles. The predicted molar refractivity (Wildman–Crippen MR) is 358 cm³/mol. The number of amides is 3. The van der Waals surface area contributed by atoms with Crippen molar-refractivity contribution in [2.24, 2.45) is 34.4 Å². The molecule has 0 saturated heterocycles. The number of aromatic amines is 3. The van der Waals surface area contributed by atoms with E-state index < -0.39 is 57.6 Å². The number of nitrogens with two attached hydrogens (primary N) is 6. The first-order chi connectivity index (χ1) is 42.3. The van der Waals surface area contributed by atoms with Gasteiger partial charge in [-0.2, -0.15) is 0 Å². The van der Waals surface area contributed by atoms with Gasteiger partial charge >= 0.3 is 0 Å². The Hall–Kier alpha value is -8.59. The molecular formula is C70H83ClN12O6. The summed E-state index contributed by atoms with van der Waals surface area (Å²) < 4.78 is 0. The van der Waals surface area contributed by atoms with Gasteiger partial charge in [0, 0.05) is 93.5 Å². The molecular weight excluding hydrogens is 1140 g/mol. The minimum atomic E-state index is -1.87. The zero-order chi connectivity index (χ0) is 62.8. The fourth-order valence-electron chi connectivity index (χ4n) is 11.9. The predicted octanol–water partition coefficient (Wildman–Crippen LogP) is 9.39. The number of ketones is 3. The lowest BCUT2D eigenvalue weighted by Gasteiger charge is -2.28. The second kappa shape index (κ2) is 29.2. The molecule has 0 saturated carbocycles. The monoisotopic (exact) mass is 1220 g/mol. The molecule has 0 unspecified atom stereocenters. The van der Waals surface area contributed by atoms with Crippen LogP contribution in [0.2, 0.25) is 0 Å². The van der Waals surface area contributed by atoms with Gasteiger partial charge in [-0.3, -0.25) is 28.8 Å². The number of unbranched alkanes of at least 4 members (excludes halogenated alkanes) is 3. The third-order valence-electron chi connectivity index (χ3n) is 17.4. The minimum absolute atomic E-state index is 0. The summed E-state index contributed by atoms with van der Waals surface area (Å²) >= 11 is 0. The fraction of sp³-hybridized carbons (Fsp3) is 0.314. The molecule has 18 nitrogen and oxygen atoms in total. The third kappa shape index (κ3) is 14.6. The number of nitrogens with one attached hydrogen (secondary N) is 6. The SMILES string of the molecule is Cc1cccc2c(CC(=O)[C@@](N)(CCCCN)C(=O)Nc3ccc(C(c4ccc(NC(=O)[C@](N)(CCCCN)C(=O)Cc5c[nH]c6c(C)cccc56)cc4)c4ccc(NC(=O)[C@](N)(CCCCN)C(=O)Cc5c[nH]c6c(C)cccc56)cc4)cc3)c[nH]c12.Cl. The number of hydrogen-bond donors (Lipinski definition) is 12. The van der Waals surface area contributed by atoms with Gasteiger partial charge < -0.3 is 65.3 Å². The number of H-pyrrole nitrogens is 3. The summed E-state index contributed by atoms with van der Waals surface area (Å²) in [6.45, 7) is 7.08. The van der Waals surface area contributed by atoms with Gasteiger partial charge in [0.1, 0.15) is 0 Å². The standard InChI is InChI=1S/C70H82N12O6.ClH/c1-43-13-10-16-55-49(40-77-62(43)55)37-58(83)68(74,31-4-7-34-71)65(86)80-52-25-19-46(20-26-52)61(47-21-27-53(28-22-47)81-66(87)69(75,32-5-8-35-72)59(84)38-50-41-78-63-44(2)14-11-17-56(50)63)48-23-29-54(30-24-48)82-67(88)70(76,33-6-9-36-73)60(85)39-51-42-79-64-45(3)15-12-18-57(51)64;/h10-30,40-42,61,77-79H,4-9,31-39,71-76H2,1-3H3,(H,80,86)(H,81,87)(H,82,88);1H/t68-,69-,70-;/m0./s1. The van der Waals surface area contributed by atoms with Gasteiger partial charge in [-0.05, 0) is 185 Å². The number of aromatic nitrogens is 3. The molecule has 18 N–H and O–H groups in total. The van der Waals surface area contributed by atoms with Gasteiger partial charge in [0.15, 0.2) is 34.0 Å². The zero-order valence-electron chi connectivity index (χ0n) is 50.9. The van der Waals surface area contributed by atoms with Crippen molar-refractivity contribution in [2.45, 2.75) is 120 Å². The Morgan fingerprint density at radius 1 is 0.393 bits per heavy atom. The van der Waals surface area contributed by atoms with Crippen molar-refractivity contribution < 1.29 is 28.8 Å². The van der Waals surface area contributed by atoms with Crippen LogP contribution in [0.1, 0.15) is 114 Å². The smallest absolute Gasteiger partial charge is 0.252 e. The Morgan fingerprint density at radius 3 is 0.899 bits per heavy atom. The Kier molecular flexibility index (Phi) is 21.7. The van der Waals surface area contributed by atoms with E-state index in [0.29, 0.717) is 75.2 Å². The first-order valence-corrected chi connectivity index (χ1v) is 30.3. The Balaban J connectivity index is 0.0000102. The molecule has 0 aliphatic rings. The molecule has 6 aromatic carbocycles. The molecule has 3 amide bonds. The zero-order valence-corrected chi connectivity index (χ0v) is 51.7. The normalized spacial score (nSPS) is 13.6. The highest BCUT2D eigenvalue weighted by molar-refractivity contribution is 6.18. The topological polar surface area (TPSA) is 342 Å². The number of benzene rings is 6. The van der Waals surface area contributed by atoms with E-state index in [0.717, 1.165) is 82.8 Å². The molecule has 3 atom stereocenters. The van der Waals surface area contributed by atoms with E-state index in [1.165, 1.54) is 0 Å². The second-order valence-corrected chi connectivity index (χ2v) is 23.5. The molecule has 89 heavy (non-hydrogen) atoms.